The summed E-state index contributed by atoms with van der Waals surface area (Å²) in [5.74, 6) is -12.7. The van der Waals surface area contributed by atoms with E-state index in [1.807, 2.05) is 13.8 Å². The van der Waals surface area contributed by atoms with Crippen molar-refractivity contribution in [3.8, 4) is 5.75 Å². The summed E-state index contributed by atoms with van der Waals surface area (Å²) in [6.07, 6.45) is 6.44. The molecule has 38 heavy (non-hydrogen) atoms. The van der Waals surface area contributed by atoms with Gasteiger partial charge < -0.3 is 4.43 Å². The average molecular weight is 580 g/mol. The van der Waals surface area contributed by atoms with Crippen LogP contribution in [-0.4, -0.2) is 16.4 Å². The van der Waals surface area contributed by atoms with E-state index in [0.29, 0.717) is 11.7 Å². The average Bonchev–Trinajstić information content (AvgIpc) is 3.09. The second kappa shape index (κ2) is 12.5. The van der Waals surface area contributed by atoms with Crippen LogP contribution < -0.4 is 4.43 Å². The van der Waals surface area contributed by atoms with Gasteiger partial charge in [0.15, 0.2) is 17.4 Å². The number of hydrogen-bond donors (Lipinski definition) is 0. The number of alkyl halides is 2. The zero-order chi connectivity index (χ0) is 29.1. The Morgan fingerprint density at radius 1 is 0.868 bits per heavy atom. The zero-order valence-electron chi connectivity index (χ0n) is 24.3. The van der Waals surface area contributed by atoms with Crippen molar-refractivity contribution in [3.05, 3.63) is 34.7 Å². The fraction of sp³-hybridized carbons (Fsp3) is 0.724. The van der Waals surface area contributed by atoms with E-state index in [2.05, 4.69) is 41.5 Å². The van der Waals surface area contributed by atoms with E-state index in [0.717, 1.165) is 50.2 Å². The zero-order valence-corrected chi connectivity index (χ0v) is 26.3. The van der Waals surface area contributed by atoms with Gasteiger partial charge in [0.2, 0.25) is 5.82 Å². The maximum Gasteiger partial charge on any atom is 0.306 e. The van der Waals surface area contributed by atoms with Crippen molar-refractivity contribution < 1.29 is 30.8 Å². The standard InChI is InChI=1S/C29H45F6OSi2/c1-9-13-14-15-16-28(7,8)18-38(20(5)6,19-37(10-2,11-3)12-4)36-27-23-22(21(30)17-29(23,34)35)24(31)25(32)26(27)33/h20H,9-16,18-19H2,1-8H3. The van der Waals surface area contributed by atoms with Crippen molar-refractivity contribution >= 4 is 22.2 Å². The van der Waals surface area contributed by atoms with Crippen LogP contribution >= 0.6 is 0 Å². The predicted molar refractivity (Wildman–Crippen MR) is 149 cm³/mol. The molecule has 9 heteroatoms. The Bertz CT molecular complexity index is 995. The van der Waals surface area contributed by atoms with E-state index in [1.165, 1.54) is 6.08 Å². The first-order valence-corrected chi connectivity index (χ1v) is 19.4. The molecule has 1 unspecified atom stereocenters. The number of rotatable bonds is 15. The Balaban J connectivity index is 2.75. The fourth-order valence-electron chi connectivity index (χ4n) is 6.06. The number of fused-ring (bicyclic) bond motifs is 1. The Morgan fingerprint density at radius 3 is 1.95 bits per heavy atom. The van der Waals surface area contributed by atoms with Gasteiger partial charge in [0, 0.05) is 0 Å². The molecule has 1 aliphatic carbocycles. The van der Waals surface area contributed by atoms with Crippen molar-refractivity contribution in [1.29, 1.82) is 0 Å². The van der Waals surface area contributed by atoms with E-state index in [-0.39, 0.29) is 11.0 Å². The maximum atomic E-state index is 15.4. The molecular formula is C29H45F6OSi2. The molecule has 1 aliphatic rings. The minimum atomic E-state index is -4.13. The molecule has 1 radical (unpaired) electrons. The van der Waals surface area contributed by atoms with Gasteiger partial charge in [0.1, 0.15) is 5.83 Å². The summed E-state index contributed by atoms with van der Waals surface area (Å²) in [6, 6.07) is 3.39. The van der Waals surface area contributed by atoms with Crippen LogP contribution in [0.5, 0.6) is 5.75 Å². The van der Waals surface area contributed by atoms with Crippen LogP contribution in [0.4, 0.5) is 26.3 Å². The summed E-state index contributed by atoms with van der Waals surface area (Å²) >= 11 is 0. The lowest BCUT2D eigenvalue weighted by atomic mass is 9.89. The SMILES string of the molecule is CCCCCCC(C)(C)C[Si](C[Si](CC)(CC)CC)(Oc1c(F)c(F)c(F)c2c1C(F)(F)[C]=C2F)C(C)C. The summed E-state index contributed by atoms with van der Waals surface area (Å²) in [7, 11) is -5.14. The molecule has 0 amide bonds. The first-order chi connectivity index (χ1) is 17.6. The van der Waals surface area contributed by atoms with Gasteiger partial charge >= 0.3 is 5.92 Å². The van der Waals surface area contributed by atoms with E-state index >= 15 is 4.39 Å². The quantitative estimate of drug-likeness (QED) is 0.0869. The number of hydrogen-bond acceptors (Lipinski definition) is 1. The third-order valence-corrected chi connectivity index (χ3v) is 23.0. The van der Waals surface area contributed by atoms with Crippen LogP contribution in [0.25, 0.3) is 5.83 Å². The van der Waals surface area contributed by atoms with Crippen LogP contribution in [0.15, 0.2) is 0 Å². The molecule has 217 valence electrons. The lowest BCUT2D eigenvalue weighted by molar-refractivity contribution is 0.0440. The predicted octanol–water partition coefficient (Wildman–Crippen LogP) is 11.1. The van der Waals surface area contributed by atoms with Crippen molar-refractivity contribution in [2.75, 3.05) is 0 Å². The number of allylic oxidation sites excluding steroid dienone is 1. The normalized spacial score (nSPS) is 17.0. The fourth-order valence-corrected chi connectivity index (χ4v) is 21.2. The van der Waals surface area contributed by atoms with Crippen LogP contribution in [0, 0.1) is 28.9 Å². The van der Waals surface area contributed by atoms with Crippen LogP contribution in [0.2, 0.25) is 35.4 Å². The highest BCUT2D eigenvalue weighted by molar-refractivity contribution is 6.95. The Labute approximate surface area is 227 Å². The third-order valence-electron chi connectivity index (χ3n) is 8.85. The largest absolute Gasteiger partial charge is 0.541 e. The summed E-state index contributed by atoms with van der Waals surface area (Å²) in [6.45, 7) is 16.7. The molecule has 0 heterocycles. The number of benzene rings is 1. The first kappa shape index (κ1) is 33.0. The second-order valence-corrected chi connectivity index (χ2v) is 22.6. The molecule has 1 aromatic rings. The van der Waals surface area contributed by atoms with E-state index in [1.54, 1.807) is 0 Å². The third kappa shape index (κ3) is 6.73. The molecule has 0 aliphatic heterocycles. The lowest BCUT2D eigenvalue weighted by Crippen LogP contribution is -2.55. The molecule has 0 N–H and O–H groups in total. The smallest absolute Gasteiger partial charge is 0.306 e. The highest BCUT2D eigenvalue weighted by atomic mass is 28.4. The molecule has 0 saturated heterocycles. The van der Waals surface area contributed by atoms with Gasteiger partial charge in [-0.3, -0.25) is 0 Å². The second-order valence-electron chi connectivity index (χ2n) is 12.2. The van der Waals surface area contributed by atoms with Gasteiger partial charge in [-0.1, -0.05) is 99.2 Å². The maximum absolute atomic E-state index is 15.4. The Hall–Kier alpha value is -1.23. The van der Waals surface area contributed by atoms with Crippen molar-refractivity contribution in [2.24, 2.45) is 5.41 Å². The number of halogens is 6. The van der Waals surface area contributed by atoms with Crippen LogP contribution in [0.1, 0.15) is 98.6 Å². The molecule has 0 spiro atoms. The molecule has 1 nitrogen and oxygen atoms in total. The van der Waals surface area contributed by atoms with Gasteiger partial charge in [-0.15, -0.1) is 0 Å². The lowest BCUT2D eigenvalue weighted by Gasteiger charge is -2.46. The van der Waals surface area contributed by atoms with Crippen molar-refractivity contribution in [1.82, 2.24) is 0 Å². The van der Waals surface area contributed by atoms with Crippen molar-refractivity contribution in [3.63, 3.8) is 0 Å². The molecule has 1 aromatic carbocycles. The molecular weight excluding hydrogens is 534 g/mol. The first-order valence-electron chi connectivity index (χ1n) is 14.1. The molecule has 2 rings (SSSR count). The summed E-state index contributed by atoms with van der Waals surface area (Å²) in [5, 5.41) is 0. The highest BCUT2D eigenvalue weighted by Gasteiger charge is 2.53. The van der Waals surface area contributed by atoms with Crippen molar-refractivity contribution in [2.45, 2.75) is 129 Å². The molecule has 0 bridgehead atoms. The summed E-state index contributed by atoms with van der Waals surface area (Å²) in [5.41, 5.74) is -2.25. The van der Waals surface area contributed by atoms with Crippen LogP contribution in [-0.2, 0) is 5.92 Å². The minimum absolute atomic E-state index is 0.131. The van der Waals surface area contributed by atoms with Gasteiger partial charge in [-0.2, -0.15) is 13.2 Å². The molecule has 0 saturated carbocycles. The van der Waals surface area contributed by atoms with E-state index in [9.17, 15) is 22.0 Å². The van der Waals surface area contributed by atoms with Gasteiger partial charge in [-0.05, 0) is 29.1 Å². The highest BCUT2D eigenvalue weighted by Crippen LogP contribution is 2.53. The molecule has 0 fully saturated rings. The molecule has 1 atom stereocenters. The minimum Gasteiger partial charge on any atom is -0.541 e. The van der Waals surface area contributed by atoms with E-state index in [4.69, 9.17) is 4.43 Å². The summed E-state index contributed by atoms with van der Waals surface area (Å²) < 4.78 is 95.4. The molecule has 0 aromatic heterocycles. The van der Waals surface area contributed by atoms with Gasteiger partial charge in [0.25, 0.3) is 8.32 Å². The Kier molecular flexibility index (Phi) is 10.9. The van der Waals surface area contributed by atoms with Crippen LogP contribution in [0.3, 0.4) is 0 Å². The van der Waals surface area contributed by atoms with E-state index < -0.39 is 62.5 Å². The summed E-state index contributed by atoms with van der Waals surface area (Å²) in [4.78, 5) is 0. The topological polar surface area (TPSA) is 9.23 Å². The Morgan fingerprint density at radius 2 is 1.45 bits per heavy atom. The number of unbranched alkanes of at least 4 members (excludes halogenated alkanes) is 3. The monoisotopic (exact) mass is 579 g/mol. The van der Waals surface area contributed by atoms with Gasteiger partial charge in [-0.25, -0.2) is 13.2 Å². The van der Waals surface area contributed by atoms with Gasteiger partial charge in [0.05, 0.1) is 25.3 Å².